The van der Waals surface area contributed by atoms with Crippen molar-refractivity contribution in [2.75, 3.05) is 0 Å². The average Bonchev–Trinajstić information content (AvgIpc) is 1.82. The summed E-state index contributed by atoms with van der Waals surface area (Å²) in [4.78, 5) is 0. The van der Waals surface area contributed by atoms with E-state index in [1.54, 1.807) is 0 Å². The Morgan fingerprint density at radius 1 is 1.67 bits per heavy atom. The van der Waals surface area contributed by atoms with Gasteiger partial charge in [-0.25, -0.2) is 8.78 Å². The molecule has 1 saturated carbocycles. The van der Waals surface area contributed by atoms with Crippen LogP contribution in [0.2, 0.25) is 0 Å². The molecular formula is C7H8F2. The van der Waals surface area contributed by atoms with Crippen molar-refractivity contribution < 1.29 is 8.78 Å². The first-order chi connectivity index (χ1) is 4.09. The van der Waals surface area contributed by atoms with Crippen LogP contribution in [0.25, 0.3) is 0 Å². The van der Waals surface area contributed by atoms with Crippen LogP contribution in [0.5, 0.6) is 0 Å². The number of halogens is 2. The van der Waals surface area contributed by atoms with Crippen molar-refractivity contribution >= 4 is 0 Å². The molecule has 0 amide bonds. The van der Waals surface area contributed by atoms with Gasteiger partial charge in [-0.3, -0.25) is 0 Å². The maximum Gasteiger partial charge on any atom is 0.275 e. The van der Waals surface area contributed by atoms with Crippen LogP contribution in [-0.2, 0) is 0 Å². The molecule has 1 unspecified atom stereocenters. The van der Waals surface area contributed by atoms with Crippen molar-refractivity contribution in [3.05, 3.63) is 24.8 Å². The van der Waals surface area contributed by atoms with Crippen LogP contribution >= 0.6 is 0 Å². The van der Waals surface area contributed by atoms with E-state index in [1.807, 2.05) is 0 Å². The largest absolute Gasteiger partial charge is 0.275 e. The van der Waals surface area contributed by atoms with E-state index in [0.717, 1.165) is 0 Å². The quantitative estimate of drug-likeness (QED) is 0.478. The minimum atomic E-state index is -2.66. The lowest BCUT2D eigenvalue weighted by molar-refractivity contribution is -0.0502. The van der Waals surface area contributed by atoms with E-state index in [2.05, 4.69) is 13.2 Å². The van der Waals surface area contributed by atoms with E-state index in [9.17, 15) is 8.78 Å². The van der Waals surface area contributed by atoms with Gasteiger partial charge in [-0.1, -0.05) is 12.7 Å². The molecule has 0 aromatic carbocycles. The Hall–Kier alpha value is -0.660. The van der Waals surface area contributed by atoms with Gasteiger partial charge in [0.25, 0.3) is 5.92 Å². The third-order valence-electron chi connectivity index (χ3n) is 1.69. The third-order valence-corrected chi connectivity index (χ3v) is 1.69. The van der Waals surface area contributed by atoms with E-state index in [4.69, 9.17) is 0 Å². The van der Waals surface area contributed by atoms with Gasteiger partial charge in [0.2, 0.25) is 0 Å². The highest BCUT2D eigenvalue weighted by Crippen LogP contribution is 2.47. The van der Waals surface area contributed by atoms with Crippen molar-refractivity contribution in [3.8, 4) is 0 Å². The molecule has 0 nitrogen and oxygen atoms in total. The maximum absolute atomic E-state index is 12.4. The molecule has 0 aromatic heterocycles. The molecule has 50 valence electrons. The summed E-state index contributed by atoms with van der Waals surface area (Å²) in [6.45, 7) is 6.51. The van der Waals surface area contributed by atoms with Crippen LogP contribution in [0.15, 0.2) is 24.8 Å². The molecule has 1 atom stereocenters. The minimum Gasteiger partial charge on any atom is -0.201 e. The summed E-state index contributed by atoms with van der Waals surface area (Å²) >= 11 is 0. The van der Waals surface area contributed by atoms with Crippen LogP contribution in [0.4, 0.5) is 8.78 Å². The first-order valence-electron chi connectivity index (χ1n) is 2.77. The molecule has 0 bridgehead atoms. The minimum absolute atomic E-state index is 0.0346. The summed E-state index contributed by atoms with van der Waals surface area (Å²) in [7, 11) is 0. The molecule has 9 heavy (non-hydrogen) atoms. The summed E-state index contributed by atoms with van der Waals surface area (Å²) in [6, 6.07) is 0. The van der Waals surface area contributed by atoms with Gasteiger partial charge in [0.05, 0.1) is 0 Å². The number of hydrogen-bond donors (Lipinski definition) is 0. The highest BCUT2D eigenvalue weighted by molar-refractivity contribution is 5.25. The fourth-order valence-corrected chi connectivity index (χ4v) is 0.892. The molecule has 1 aliphatic carbocycles. The molecule has 0 N–H and O–H groups in total. The standard InChI is InChI=1S/C7H8F2/c1-3-6-4-5(2)7(6,8)9/h3,6H,1-2,4H2. The number of rotatable bonds is 1. The zero-order valence-corrected chi connectivity index (χ0v) is 5.03. The van der Waals surface area contributed by atoms with Crippen LogP contribution in [0.1, 0.15) is 6.42 Å². The second kappa shape index (κ2) is 1.66. The first-order valence-corrected chi connectivity index (χ1v) is 2.77. The Morgan fingerprint density at radius 3 is 2.33 bits per heavy atom. The molecule has 0 saturated heterocycles. The Labute approximate surface area is 52.9 Å². The van der Waals surface area contributed by atoms with E-state index < -0.39 is 11.8 Å². The first kappa shape index (κ1) is 6.46. The van der Waals surface area contributed by atoms with Gasteiger partial charge in [-0.2, -0.15) is 0 Å². The van der Waals surface area contributed by atoms with Gasteiger partial charge < -0.3 is 0 Å². The molecule has 0 aromatic rings. The third kappa shape index (κ3) is 0.696. The maximum atomic E-state index is 12.4. The fourth-order valence-electron chi connectivity index (χ4n) is 0.892. The van der Waals surface area contributed by atoms with Gasteiger partial charge in [-0.15, -0.1) is 6.58 Å². The lowest BCUT2D eigenvalue weighted by atomic mass is 9.77. The fraction of sp³-hybridized carbons (Fsp3) is 0.429. The topological polar surface area (TPSA) is 0 Å². The Bertz CT molecular complexity index is 158. The Kier molecular flexibility index (Phi) is 1.19. The molecule has 1 fully saturated rings. The zero-order chi connectivity index (χ0) is 7.07. The zero-order valence-electron chi connectivity index (χ0n) is 5.03. The summed E-state index contributed by atoms with van der Waals surface area (Å²) in [5, 5.41) is 0. The molecule has 0 heterocycles. The number of alkyl halides is 2. The lowest BCUT2D eigenvalue weighted by Gasteiger charge is -2.36. The van der Waals surface area contributed by atoms with Gasteiger partial charge >= 0.3 is 0 Å². The van der Waals surface area contributed by atoms with Gasteiger partial charge in [0.1, 0.15) is 0 Å². The highest BCUT2D eigenvalue weighted by Gasteiger charge is 2.50. The van der Waals surface area contributed by atoms with Crippen LogP contribution in [-0.4, -0.2) is 5.92 Å². The highest BCUT2D eigenvalue weighted by atomic mass is 19.3. The van der Waals surface area contributed by atoms with E-state index in [-0.39, 0.29) is 5.57 Å². The van der Waals surface area contributed by atoms with Crippen molar-refractivity contribution in [1.29, 1.82) is 0 Å². The number of allylic oxidation sites excluding steroid dienone is 2. The van der Waals surface area contributed by atoms with Crippen LogP contribution in [0, 0.1) is 5.92 Å². The normalized spacial score (nSPS) is 31.3. The van der Waals surface area contributed by atoms with Crippen LogP contribution in [0.3, 0.4) is 0 Å². The molecule has 0 aliphatic heterocycles. The van der Waals surface area contributed by atoms with E-state index in [1.165, 1.54) is 6.08 Å². The molecule has 0 spiro atoms. The van der Waals surface area contributed by atoms with E-state index in [0.29, 0.717) is 6.42 Å². The molecule has 1 rings (SSSR count). The Morgan fingerprint density at radius 2 is 2.22 bits per heavy atom. The number of hydrogen-bond acceptors (Lipinski definition) is 0. The van der Waals surface area contributed by atoms with Crippen molar-refractivity contribution in [3.63, 3.8) is 0 Å². The smallest absolute Gasteiger partial charge is 0.201 e. The molecule has 2 heteroatoms. The van der Waals surface area contributed by atoms with E-state index >= 15 is 0 Å². The SMILES string of the molecule is C=CC1CC(=C)C1(F)F. The van der Waals surface area contributed by atoms with Gasteiger partial charge in [0, 0.05) is 5.92 Å². The van der Waals surface area contributed by atoms with Crippen LogP contribution < -0.4 is 0 Å². The summed E-state index contributed by atoms with van der Waals surface area (Å²) in [5.74, 6) is -3.33. The second-order valence-corrected chi connectivity index (χ2v) is 2.27. The van der Waals surface area contributed by atoms with Crippen molar-refractivity contribution in [2.24, 2.45) is 5.92 Å². The summed E-state index contributed by atoms with van der Waals surface area (Å²) < 4.78 is 24.9. The lowest BCUT2D eigenvalue weighted by Crippen LogP contribution is -2.39. The second-order valence-electron chi connectivity index (χ2n) is 2.27. The molecular weight excluding hydrogens is 122 g/mol. The van der Waals surface area contributed by atoms with Crippen molar-refractivity contribution in [2.45, 2.75) is 12.3 Å². The summed E-state index contributed by atoms with van der Waals surface area (Å²) in [5.41, 5.74) is 0.0346. The predicted molar refractivity (Wildman–Crippen MR) is 32.4 cm³/mol. The Balaban J connectivity index is 2.69. The predicted octanol–water partition coefficient (Wildman–Crippen LogP) is 2.38. The van der Waals surface area contributed by atoms with Gasteiger partial charge in [0.15, 0.2) is 0 Å². The molecule has 1 aliphatic rings. The summed E-state index contributed by atoms with van der Waals surface area (Å²) in [6.07, 6.45) is 1.69. The van der Waals surface area contributed by atoms with Crippen molar-refractivity contribution in [1.82, 2.24) is 0 Å². The monoisotopic (exact) mass is 130 g/mol. The molecule has 0 radical (unpaired) electrons. The van der Waals surface area contributed by atoms with Gasteiger partial charge in [-0.05, 0) is 12.0 Å². The average molecular weight is 130 g/mol.